The number of rotatable bonds is 4. The van der Waals surface area contributed by atoms with E-state index in [-0.39, 0.29) is 0 Å². The highest BCUT2D eigenvalue weighted by Crippen LogP contribution is 2.50. The van der Waals surface area contributed by atoms with Crippen molar-refractivity contribution in [1.82, 2.24) is 0 Å². The third-order valence-corrected chi connectivity index (χ3v) is 8.36. The fourth-order valence-corrected chi connectivity index (χ4v) is 6.96. The van der Waals surface area contributed by atoms with Crippen LogP contribution in [-0.4, -0.2) is 26.7 Å². The molecule has 0 saturated carbocycles. The average Bonchev–Trinajstić information content (AvgIpc) is 2.25. The number of hydrogen-bond donors (Lipinski definition) is 0. The lowest BCUT2D eigenvalue weighted by Gasteiger charge is -2.20. The molecular formula is C13H19Br3O2P2. The molecule has 114 valence electrons. The van der Waals surface area contributed by atoms with Crippen molar-refractivity contribution in [3.8, 4) is 0 Å². The molecule has 0 amide bonds. The first-order valence-electron chi connectivity index (χ1n) is 6.06. The van der Waals surface area contributed by atoms with Gasteiger partial charge in [-0.2, -0.15) is 0 Å². The second kappa shape index (κ2) is 6.71. The summed E-state index contributed by atoms with van der Waals surface area (Å²) >= 11 is 10.8. The molecule has 0 aliphatic heterocycles. The van der Waals surface area contributed by atoms with Crippen molar-refractivity contribution < 1.29 is 9.13 Å². The van der Waals surface area contributed by atoms with E-state index in [1.807, 2.05) is 6.92 Å². The van der Waals surface area contributed by atoms with E-state index in [0.717, 1.165) is 30.1 Å². The van der Waals surface area contributed by atoms with Crippen LogP contribution in [0.25, 0.3) is 0 Å². The maximum absolute atomic E-state index is 12.1. The largest absolute Gasteiger partial charge is 0.324 e. The molecule has 0 atom stereocenters. The molecule has 0 aliphatic carbocycles. The zero-order valence-corrected chi connectivity index (χ0v) is 18.8. The number of halogens is 3. The Morgan fingerprint density at radius 1 is 0.750 bits per heavy atom. The molecule has 0 fully saturated rings. The van der Waals surface area contributed by atoms with E-state index in [4.69, 9.17) is 0 Å². The summed E-state index contributed by atoms with van der Waals surface area (Å²) < 4.78 is 27.0. The lowest BCUT2D eigenvalue weighted by Crippen LogP contribution is -2.00. The molecule has 0 aromatic heterocycles. The summed E-state index contributed by atoms with van der Waals surface area (Å²) in [6.45, 7) is 9.17. The smallest absolute Gasteiger partial charge is 0.0861 e. The Bertz CT molecular complexity index is 545. The van der Waals surface area contributed by atoms with E-state index in [1.54, 1.807) is 26.7 Å². The van der Waals surface area contributed by atoms with Crippen molar-refractivity contribution in [2.24, 2.45) is 0 Å². The number of hydrogen-bond acceptors (Lipinski definition) is 2. The second-order valence-corrected chi connectivity index (χ2v) is 15.3. The van der Waals surface area contributed by atoms with Crippen molar-refractivity contribution in [2.45, 2.75) is 19.2 Å². The standard InChI is InChI=1S/C13H19Br3O2P2/c1-8-9(6-19(2,3)17)12(15)13(16)10(11(8)14)7-20(4,5)18/h6-7H2,1-5H3. The number of benzene rings is 1. The molecule has 0 saturated heterocycles. The van der Waals surface area contributed by atoms with Gasteiger partial charge in [0, 0.05) is 25.7 Å². The Morgan fingerprint density at radius 3 is 1.50 bits per heavy atom. The van der Waals surface area contributed by atoms with Gasteiger partial charge in [-0.05, 0) is 82.1 Å². The Labute approximate surface area is 146 Å². The molecule has 0 unspecified atom stereocenters. The van der Waals surface area contributed by atoms with Crippen LogP contribution in [0, 0.1) is 6.92 Å². The fourth-order valence-electron chi connectivity index (χ4n) is 1.97. The van der Waals surface area contributed by atoms with E-state index in [2.05, 4.69) is 47.8 Å². The quantitative estimate of drug-likeness (QED) is 0.342. The first kappa shape index (κ1) is 19.2. The first-order valence-corrected chi connectivity index (χ1v) is 14.0. The molecule has 0 spiro atoms. The monoisotopic (exact) mass is 506 g/mol. The van der Waals surface area contributed by atoms with E-state index >= 15 is 0 Å². The van der Waals surface area contributed by atoms with Gasteiger partial charge < -0.3 is 9.13 Å². The summed E-state index contributed by atoms with van der Waals surface area (Å²) in [6, 6.07) is 0. The van der Waals surface area contributed by atoms with Crippen LogP contribution < -0.4 is 0 Å². The zero-order chi connectivity index (χ0) is 15.9. The average molecular weight is 509 g/mol. The Balaban J connectivity index is 3.49. The summed E-state index contributed by atoms with van der Waals surface area (Å²) in [7, 11) is -4.34. The molecule has 0 radical (unpaired) electrons. The van der Waals surface area contributed by atoms with Crippen LogP contribution in [-0.2, 0) is 21.5 Å². The van der Waals surface area contributed by atoms with E-state index < -0.39 is 14.3 Å². The summed E-state index contributed by atoms with van der Waals surface area (Å²) in [5, 5.41) is 0. The maximum Gasteiger partial charge on any atom is 0.0861 e. The molecule has 1 aromatic carbocycles. The van der Waals surface area contributed by atoms with Crippen LogP contribution in [0.3, 0.4) is 0 Å². The van der Waals surface area contributed by atoms with Crippen LogP contribution in [0.5, 0.6) is 0 Å². The molecule has 0 N–H and O–H groups in total. The maximum atomic E-state index is 12.1. The Morgan fingerprint density at radius 2 is 1.10 bits per heavy atom. The van der Waals surface area contributed by atoms with Gasteiger partial charge in [-0.25, -0.2) is 0 Å². The molecule has 0 heterocycles. The van der Waals surface area contributed by atoms with Gasteiger partial charge in [0.25, 0.3) is 0 Å². The van der Waals surface area contributed by atoms with Gasteiger partial charge in [0.05, 0.1) is 14.3 Å². The van der Waals surface area contributed by atoms with Crippen molar-refractivity contribution in [3.63, 3.8) is 0 Å². The van der Waals surface area contributed by atoms with Crippen LogP contribution in [0.2, 0.25) is 0 Å². The molecular weight excluding hydrogens is 490 g/mol. The molecule has 7 heteroatoms. The van der Waals surface area contributed by atoms with Crippen LogP contribution in [0.4, 0.5) is 0 Å². The minimum absolute atomic E-state index is 0.532. The third kappa shape index (κ3) is 5.09. The highest BCUT2D eigenvalue weighted by atomic mass is 79.9. The molecule has 2 nitrogen and oxygen atoms in total. The van der Waals surface area contributed by atoms with Crippen molar-refractivity contribution in [3.05, 3.63) is 30.1 Å². The minimum atomic E-state index is -2.17. The second-order valence-electron chi connectivity index (χ2n) is 5.99. The van der Waals surface area contributed by atoms with E-state index in [0.29, 0.717) is 12.3 Å². The SMILES string of the molecule is Cc1c(Br)c(CP(C)(C)=O)c(Br)c(Br)c1CP(C)(C)=O. The van der Waals surface area contributed by atoms with Crippen LogP contribution >= 0.6 is 62.1 Å². The molecule has 0 aliphatic rings. The predicted octanol–water partition coefficient (Wildman–Crippen LogP) is 6.53. The van der Waals surface area contributed by atoms with Gasteiger partial charge in [-0.15, -0.1) is 0 Å². The van der Waals surface area contributed by atoms with Gasteiger partial charge in [-0.1, -0.05) is 15.9 Å². The molecule has 0 bridgehead atoms. The first-order chi connectivity index (χ1) is 8.83. The van der Waals surface area contributed by atoms with Gasteiger partial charge in [0.15, 0.2) is 0 Å². The van der Waals surface area contributed by atoms with E-state index in [1.165, 1.54) is 0 Å². The van der Waals surface area contributed by atoms with Crippen molar-refractivity contribution in [1.29, 1.82) is 0 Å². The van der Waals surface area contributed by atoms with Gasteiger partial charge in [0.2, 0.25) is 0 Å². The summed E-state index contributed by atoms with van der Waals surface area (Å²) in [4.78, 5) is 0. The van der Waals surface area contributed by atoms with Crippen LogP contribution in [0.1, 0.15) is 16.7 Å². The topological polar surface area (TPSA) is 34.1 Å². The van der Waals surface area contributed by atoms with Crippen molar-refractivity contribution >= 4 is 62.1 Å². The molecule has 1 rings (SSSR count). The van der Waals surface area contributed by atoms with Crippen molar-refractivity contribution in [2.75, 3.05) is 26.7 Å². The lowest BCUT2D eigenvalue weighted by atomic mass is 10.1. The lowest BCUT2D eigenvalue weighted by molar-refractivity contribution is 0.580. The summed E-state index contributed by atoms with van der Waals surface area (Å²) in [6.07, 6.45) is 1.08. The zero-order valence-electron chi connectivity index (χ0n) is 12.3. The van der Waals surface area contributed by atoms with Gasteiger partial charge in [0.1, 0.15) is 0 Å². The van der Waals surface area contributed by atoms with Gasteiger partial charge in [-0.3, -0.25) is 0 Å². The van der Waals surface area contributed by atoms with Gasteiger partial charge >= 0.3 is 0 Å². The predicted molar refractivity (Wildman–Crippen MR) is 101 cm³/mol. The Kier molecular flexibility index (Phi) is 6.43. The highest BCUT2D eigenvalue weighted by Gasteiger charge is 2.23. The molecule has 1 aromatic rings. The minimum Gasteiger partial charge on any atom is -0.324 e. The summed E-state index contributed by atoms with van der Waals surface area (Å²) in [5.41, 5.74) is 3.11. The highest BCUT2D eigenvalue weighted by molar-refractivity contribution is 9.13. The normalized spacial score (nSPS) is 12.8. The van der Waals surface area contributed by atoms with E-state index in [9.17, 15) is 9.13 Å². The fraction of sp³-hybridized carbons (Fsp3) is 0.538. The Hall–Kier alpha value is 1.12. The molecule has 20 heavy (non-hydrogen) atoms. The van der Waals surface area contributed by atoms with Crippen LogP contribution in [0.15, 0.2) is 13.4 Å². The third-order valence-electron chi connectivity index (χ3n) is 2.85. The summed E-state index contributed by atoms with van der Waals surface area (Å²) in [5.74, 6) is 0.